The number of phenolic OH excluding ortho intramolecular Hbond substituents is 1. The van der Waals surface area contributed by atoms with Crippen LogP contribution in [0, 0.1) is 18.5 Å². The second-order valence-electron chi connectivity index (χ2n) is 5.36. The summed E-state index contributed by atoms with van der Waals surface area (Å²) in [6, 6.07) is 10.6. The Morgan fingerprint density at radius 1 is 1.22 bits per heavy atom. The predicted octanol–water partition coefficient (Wildman–Crippen LogP) is 3.84. The molecule has 6 nitrogen and oxygen atoms in total. The smallest absolute Gasteiger partial charge is 0.262 e. The lowest BCUT2D eigenvalue weighted by molar-refractivity contribution is -0.117. The molecule has 0 bridgehead atoms. The summed E-state index contributed by atoms with van der Waals surface area (Å²) in [5, 5.41) is 21.9. The summed E-state index contributed by atoms with van der Waals surface area (Å²) in [4.78, 5) is 12.4. The maximum absolute atomic E-state index is 12.4. The van der Waals surface area contributed by atoms with E-state index in [-0.39, 0.29) is 17.9 Å². The standard InChI is InChI=1S/C19H16I2N2O4/c1-26-14-4-3-12(17(8-14)27-2)10-23-19(25)13(9-22)5-11-6-15(20)18(24)16(21)7-11/h3-8,24H,10H2,1-2H3,(H,23,25)/b13-5+. The van der Waals surface area contributed by atoms with Crippen LogP contribution >= 0.6 is 45.2 Å². The number of nitrogens with zero attached hydrogens (tertiary/aromatic N) is 1. The number of carbonyl (C=O) groups is 1. The van der Waals surface area contributed by atoms with Gasteiger partial charge in [0, 0.05) is 18.2 Å². The second-order valence-corrected chi connectivity index (χ2v) is 7.69. The van der Waals surface area contributed by atoms with Gasteiger partial charge in [0.25, 0.3) is 5.91 Å². The van der Waals surface area contributed by atoms with Gasteiger partial charge in [0.1, 0.15) is 28.9 Å². The fraction of sp³-hybridized carbons (Fsp3) is 0.158. The first-order chi connectivity index (χ1) is 12.9. The Kier molecular flexibility index (Phi) is 7.73. The van der Waals surface area contributed by atoms with E-state index in [9.17, 15) is 15.2 Å². The van der Waals surface area contributed by atoms with E-state index >= 15 is 0 Å². The highest BCUT2D eigenvalue weighted by atomic mass is 127. The van der Waals surface area contributed by atoms with Crippen molar-refractivity contribution in [2.24, 2.45) is 0 Å². The minimum atomic E-state index is -0.492. The summed E-state index contributed by atoms with van der Waals surface area (Å²) in [7, 11) is 3.10. The first-order valence-corrected chi connectivity index (χ1v) is 9.84. The van der Waals surface area contributed by atoms with Gasteiger partial charge in [0.15, 0.2) is 0 Å². The Balaban J connectivity index is 2.18. The SMILES string of the molecule is COc1ccc(CNC(=O)/C(C#N)=C/c2cc(I)c(O)c(I)c2)c(OC)c1. The van der Waals surface area contributed by atoms with Gasteiger partial charge >= 0.3 is 0 Å². The number of aromatic hydroxyl groups is 1. The molecule has 0 radical (unpaired) electrons. The number of hydrogen-bond donors (Lipinski definition) is 2. The number of phenols is 1. The molecule has 0 unspecified atom stereocenters. The number of amides is 1. The van der Waals surface area contributed by atoms with Crippen molar-refractivity contribution in [3.8, 4) is 23.3 Å². The number of rotatable bonds is 6. The molecule has 140 valence electrons. The van der Waals surface area contributed by atoms with Crippen LogP contribution in [0.4, 0.5) is 0 Å². The summed E-state index contributed by atoms with van der Waals surface area (Å²) < 4.78 is 11.7. The van der Waals surface area contributed by atoms with Crippen molar-refractivity contribution in [3.63, 3.8) is 0 Å². The Labute approximate surface area is 184 Å². The molecule has 0 fully saturated rings. The Morgan fingerprint density at radius 3 is 2.44 bits per heavy atom. The maximum Gasteiger partial charge on any atom is 0.262 e. The molecule has 0 heterocycles. The molecule has 2 rings (SSSR count). The average Bonchev–Trinajstić information content (AvgIpc) is 2.67. The number of nitrogens with one attached hydrogen (secondary N) is 1. The minimum Gasteiger partial charge on any atom is -0.506 e. The maximum atomic E-state index is 12.4. The van der Waals surface area contributed by atoms with E-state index in [1.54, 1.807) is 37.4 Å². The average molecular weight is 590 g/mol. The molecule has 0 aromatic heterocycles. The van der Waals surface area contributed by atoms with Crippen LogP contribution in [0.25, 0.3) is 6.08 Å². The molecule has 8 heteroatoms. The molecule has 0 aliphatic rings. The minimum absolute atomic E-state index is 0.0280. The monoisotopic (exact) mass is 590 g/mol. The highest BCUT2D eigenvalue weighted by Gasteiger charge is 2.12. The molecule has 0 aliphatic carbocycles. The Morgan fingerprint density at radius 2 is 1.89 bits per heavy atom. The normalized spacial score (nSPS) is 10.9. The molecular formula is C19H16I2N2O4. The number of halogens is 2. The molecule has 2 aromatic carbocycles. The van der Waals surface area contributed by atoms with Gasteiger partial charge in [0.05, 0.1) is 21.4 Å². The lowest BCUT2D eigenvalue weighted by Gasteiger charge is -2.11. The highest BCUT2D eigenvalue weighted by molar-refractivity contribution is 14.1. The lowest BCUT2D eigenvalue weighted by atomic mass is 10.1. The summed E-state index contributed by atoms with van der Waals surface area (Å²) >= 11 is 4.00. The van der Waals surface area contributed by atoms with E-state index in [2.05, 4.69) is 5.32 Å². The molecule has 0 spiro atoms. The summed E-state index contributed by atoms with van der Waals surface area (Å²) in [6.07, 6.45) is 1.49. The number of methoxy groups -OCH3 is 2. The van der Waals surface area contributed by atoms with Crippen LogP contribution in [0.3, 0.4) is 0 Å². The van der Waals surface area contributed by atoms with Gasteiger partial charge in [-0.15, -0.1) is 0 Å². The third-order valence-electron chi connectivity index (χ3n) is 3.65. The van der Waals surface area contributed by atoms with Crippen LogP contribution in [0.15, 0.2) is 35.9 Å². The third kappa shape index (κ3) is 5.49. The zero-order valence-corrected chi connectivity index (χ0v) is 18.9. The topological polar surface area (TPSA) is 91.6 Å². The summed E-state index contributed by atoms with van der Waals surface area (Å²) in [5.41, 5.74) is 1.40. The quantitative estimate of drug-likeness (QED) is 0.303. The molecule has 0 saturated carbocycles. The number of nitriles is 1. The van der Waals surface area contributed by atoms with Crippen LogP contribution in [0.2, 0.25) is 0 Å². The molecule has 27 heavy (non-hydrogen) atoms. The van der Waals surface area contributed by atoms with E-state index in [1.807, 2.05) is 51.3 Å². The van der Waals surface area contributed by atoms with Crippen molar-refractivity contribution < 1.29 is 19.4 Å². The number of benzene rings is 2. The van der Waals surface area contributed by atoms with Crippen LogP contribution in [-0.2, 0) is 11.3 Å². The summed E-state index contributed by atoms with van der Waals surface area (Å²) in [6.45, 7) is 0.204. The fourth-order valence-corrected chi connectivity index (χ4v) is 4.07. The Hall–Kier alpha value is -2.00. The number of carbonyl (C=O) groups excluding carboxylic acids is 1. The fourth-order valence-electron chi connectivity index (χ4n) is 2.25. The van der Waals surface area contributed by atoms with Gasteiger partial charge in [-0.1, -0.05) is 0 Å². The van der Waals surface area contributed by atoms with Crippen LogP contribution in [-0.4, -0.2) is 25.2 Å². The van der Waals surface area contributed by atoms with Gasteiger partial charge < -0.3 is 19.9 Å². The van der Waals surface area contributed by atoms with E-state index in [0.29, 0.717) is 24.2 Å². The molecule has 2 N–H and O–H groups in total. The van der Waals surface area contributed by atoms with Gasteiger partial charge in [0.2, 0.25) is 0 Å². The van der Waals surface area contributed by atoms with Gasteiger partial charge in [-0.3, -0.25) is 4.79 Å². The first kappa shape index (κ1) is 21.3. The van der Waals surface area contributed by atoms with Gasteiger partial charge in [-0.25, -0.2) is 0 Å². The van der Waals surface area contributed by atoms with Crippen LogP contribution < -0.4 is 14.8 Å². The lowest BCUT2D eigenvalue weighted by Crippen LogP contribution is -2.24. The van der Waals surface area contributed by atoms with E-state index in [4.69, 9.17) is 9.47 Å². The zero-order valence-electron chi connectivity index (χ0n) is 14.5. The largest absolute Gasteiger partial charge is 0.506 e. The summed E-state index contributed by atoms with van der Waals surface area (Å²) in [5.74, 6) is 0.923. The first-order valence-electron chi connectivity index (χ1n) is 7.68. The number of hydrogen-bond acceptors (Lipinski definition) is 5. The molecule has 1 amide bonds. The van der Waals surface area contributed by atoms with Crippen molar-refractivity contribution in [3.05, 3.63) is 54.2 Å². The van der Waals surface area contributed by atoms with Crippen molar-refractivity contribution >= 4 is 57.2 Å². The van der Waals surface area contributed by atoms with E-state index < -0.39 is 5.91 Å². The third-order valence-corrected chi connectivity index (χ3v) is 5.29. The second kappa shape index (κ2) is 9.80. The predicted molar refractivity (Wildman–Crippen MR) is 119 cm³/mol. The Bertz CT molecular complexity index is 913. The molecular weight excluding hydrogens is 574 g/mol. The van der Waals surface area contributed by atoms with E-state index in [0.717, 1.165) is 5.56 Å². The molecule has 0 aliphatic heterocycles. The van der Waals surface area contributed by atoms with Gasteiger partial charge in [-0.2, -0.15) is 5.26 Å². The molecule has 0 atom stereocenters. The van der Waals surface area contributed by atoms with Crippen molar-refractivity contribution in [2.45, 2.75) is 6.54 Å². The van der Waals surface area contributed by atoms with Crippen LogP contribution in [0.1, 0.15) is 11.1 Å². The van der Waals surface area contributed by atoms with Crippen molar-refractivity contribution in [1.29, 1.82) is 5.26 Å². The zero-order chi connectivity index (χ0) is 20.0. The van der Waals surface area contributed by atoms with Crippen molar-refractivity contribution in [1.82, 2.24) is 5.32 Å². The van der Waals surface area contributed by atoms with Crippen LogP contribution in [0.5, 0.6) is 17.2 Å². The molecule has 0 saturated heterocycles. The highest BCUT2D eigenvalue weighted by Crippen LogP contribution is 2.28. The number of ether oxygens (including phenoxy) is 2. The molecule has 2 aromatic rings. The van der Waals surface area contributed by atoms with Gasteiger partial charge in [-0.05, 0) is 81.1 Å². The van der Waals surface area contributed by atoms with E-state index in [1.165, 1.54) is 13.2 Å². The van der Waals surface area contributed by atoms with Crippen molar-refractivity contribution in [2.75, 3.05) is 14.2 Å².